The molecule has 0 spiro atoms. The molecule has 0 aliphatic heterocycles. The highest BCUT2D eigenvalue weighted by Gasteiger charge is 2.14. The van der Waals surface area contributed by atoms with Crippen LogP contribution >= 0.6 is 0 Å². The van der Waals surface area contributed by atoms with E-state index in [4.69, 9.17) is 9.97 Å². The van der Waals surface area contributed by atoms with Crippen LogP contribution in [0.3, 0.4) is 0 Å². The summed E-state index contributed by atoms with van der Waals surface area (Å²) < 4.78 is 2.31. The third kappa shape index (κ3) is 2.95. The van der Waals surface area contributed by atoms with Crippen molar-refractivity contribution in [2.75, 3.05) is 13.1 Å². The minimum atomic E-state index is 0.902. The standard InChI is InChI=1S/C22H26N4/c1-4-5-10-23-11-12-26-20-9-7-6-8-17(20)21-22(26)25-19-14-16(3)15(2)13-18(19)24-21/h6-9,13-14,23H,4-5,10-12H2,1-3H3. The zero-order valence-electron chi connectivity index (χ0n) is 15.8. The van der Waals surface area contributed by atoms with Crippen molar-refractivity contribution < 1.29 is 0 Å². The fourth-order valence-electron chi connectivity index (χ4n) is 3.54. The molecule has 0 fully saturated rings. The number of para-hydroxylation sites is 1. The van der Waals surface area contributed by atoms with Crippen molar-refractivity contribution in [3.63, 3.8) is 0 Å². The summed E-state index contributed by atoms with van der Waals surface area (Å²) in [6.07, 6.45) is 2.44. The van der Waals surface area contributed by atoms with Gasteiger partial charge in [-0.1, -0.05) is 31.5 Å². The van der Waals surface area contributed by atoms with Crippen molar-refractivity contribution in [1.82, 2.24) is 19.9 Å². The second kappa shape index (κ2) is 7.04. The van der Waals surface area contributed by atoms with Crippen LogP contribution in [-0.2, 0) is 6.54 Å². The van der Waals surface area contributed by atoms with E-state index in [0.29, 0.717) is 0 Å². The average Bonchev–Trinajstić information content (AvgIpc) is 2.94. The molecule has 4 heteroatoms. The quantitative estimate of drug-likeness (QED) is 0.513. The zero-order chi connectivity index (χ0) is 18.1. The van der Waals surface area contributed by atoms with Crippen LogP contribution in [-0.4, -0.2) is 27.6 Å². The molecule has 2 aromatic heterocycles. The monoisotopic (exact) mass is 346 g/mol. The third-order valence-electron chi connectivity index (χ3n) is 5.19. The summed E-state index contributed by atoms with van der Waals surface area (Å²) in [5.74, 6) is 0. The molecule has 134 valence electrons. The third-order valence-corrected chi connectivity index (χ3v) is 5.19. The van der Waals surface area contributed by atoms with Gasteiger partial charge in [-0.05, 0) is 56.1 Å². The summed E-state index contributed by atoms with van der Waals surface area (Å²) in [6.45, 7) is 9.40. The van der Waals surface area contributed by atoms with E-state index in [1.807, 2.05) is 0 Å². The van der Waals surface area contributed by atoms with E-state index in [-0.39, 0.29) is 0 Å². The lowest BCUT2D eigenvalue weighted by molar-refractivity contribution is 0.594. The minimum absolute atomic E-state index is 0.902. The van der Waals surface area contributed by atoms with E-state index in [2.05, 4.69) is 67.1 Å². The van der Waals surface area contributed by atoms with Crippen LogP contribution in [0.25, 0.3) is 33.1 Å². The molecule has 1 N–H and O–H groups in total. The number of rotatable bonds is 6. The van der Waals surface area contributed by atoms with Gasteiger partial charge in [0.1, 0.15) is 5.52 Å². The Morgan fingerprint density at radius 3 is 2.46 bits per heavy atom. The number of hydrogen-bond donors (Lipinski definition) is 1. The first kappa shape index (κ1) is 17.0. The Morgan fingerprint density at radius 1 is 0.962 bits per heavy atom. The molecular formula is C22H26N4. The second-order valence-electron chi connectivity index (χ2n) is 7.09. The highest BCUT2D eigenvalue weighted by molar-refractivity contribution is 6.06. The Kier molecular flexibility index (Phi) is 4.60. The van der Waals surface area contributed by atoms with Gasteiger partial charge in [0.05, 0.1) is 16.6 Å². The Morgan fingerprint density at radius 2 is 1.69 bits per heavy atom. The summed E-state index contributed by atoms with van der Waals surface area (Å²) >= 11 is 0. The summed E-state index contributed by atoms with van der Waals surface area (Å²) in [6, 6.07) is 12.8. The Labute approximate surface area is 154 Å². The minimum Gasteiger partial charge on any atom is -0.323 e. The number of unbranched alkanes of at least 4 members (excludes halogenated alkanes) is 1. The van der Waals surface area contributed by atoms with E-state index in [1.54, 1.807) is 0 Å². The lowest BCUT2D eigenvalue weighted by atomic mass is 10.1. The smallest absolute Gasteiger partial charge is 0.160 e. The number of nitrogens with zero attached hydrogens (tertiary/aromatic N) is 3. The molecule has 0 amide bonds. The molecule has 0 unspecified atom stereocenters. The Bertz CT molecular complexity index is 1080. The maximum absolute atomic E-state index is 5.00. The summed E-state index contributed by atoms with van der Waals surface area (Å²) in [4.78, 5) is 9.99. The topological polar surface area (TPSA) is 42.7 Å². The number of aryl methyl sites for hydroxylation is 2. The van der Waals surface area contributed by atoms with Crippen LogP contribution < -0.4 is 5.32 Å². The first-order chi connectivity index (χ1) is 12.7. The van der Waals surface area contributed by atoms with E-state index in [1.165, 1.54) is 34.9 Å². The van der Waals surface area contributed by atoms with Crippen molar-refractivity contribution in [2.24, 2.45) is 0 Å². The van der Waals surface area contributed by atoms with Gasteiger partial charge < -0.3 is 9.88 Å². The molecule has 26 heavy (non-hydrogen) atoms. The summed E-state index contributed by atoms with van der Waals surface area (Å²) in [5, 5.41) is 4.72. The van der Waals surface area contributed by atoms with Crippen LogP contribution in [0.5, 0.6) is 0 Å². The molecule has 4 rings (SSSR count). The molecule has 0 saturated heterocycles. The SMILES string of the molecule is CCCCNCCn1c2ccccc2c2nc3cc(C)c(C)cc3nc21. The van der Waals surface area contributed by atoms with Gasteiger partial charge in [-0.2, -0.15) is 0 Å². The van der Waals surface area contributed by atoms with Gasteiger partial charge in [-0.15, -0.1) is 0 Å². The molecule has 2 aromatic carbocycles. The number of hydrogen-bond acceptors (Lipinski definition) is 3. The largest absolute Gasteiger partial charge is 0.323 e. The highest BCUT2D eigenvalue weighted by atomic mass is 15.1. The number of benzene rings is 2. The number of nitrogens with one attached hydrogen (secondary N) is 1. The Balaban J connectivity index is 1.84. The number of aromatic nitrogens is 3. The fourth-order valence-corrected chi connectivity index (χ4v) is 3.54. The predicted octanol–water partition coefficient (Wildman–Crippen LogP) is 4.74. The van der Waals surface area contributed by atoms with Crippen molar-refractivity contribution in [3.05, 3.63) is 47.5 Å². The van der Waals surface area contributed by atoms with E-state index >= 15 is 0 Å². The van der Waals surface area contributed by atoms with Gasteiger partial charge in [0.2, 0.25) is 0 Å². The molecule has 0 bridgehead atoms. The van der Waals surface area contributed by atoms with Gasteiger partial charge in [0.15, 0.2) is 5.65 Å². The van der Waals surface area contributed by atoms with Gasteiger partial charge in [0.25, 0.3) is 0 Å². The maximum atomic E-state index is 5.00. The molecule has 0 atom stereocenters. The highest BCUT2D eigenvalue weighted by Crippen LogP contribution is 2.28. The van der Waals surface area contributed by atoms with E-state index in [0.717, 1.165) is 41.8 Å². The van der Waals surface area contributed by atoms with Gasteiger partial charge in [-0.25, -0.2) is 9.97 Å². The van der Waals surface area contributed by atoms with Gasteiger partial charge in [-0.3, -0.25) is 0 Å². The first-order valence-electron chi connectivity index (χ1n) is 9.55. The average molecular weight is 346 g/mol. The van der Waals surface area contributed by atoms with Crippen LogP contribution in [0.2, 0.25) is 0 Å². The molecule has 0 radical (unpaired) electrons. The molecule has 0 aliphatic carbocycles. The van der Waals surface area contributed by atoms with Crippen LogP contribution in [0.15, 0.2) is 36.4 Å². The molecular weight excluding hydrogens is 320 g/mol. The van der Waals surface area contributed by atoms with Crippen molar-refractivity contribution >= 4 is 33.1 Å². The molecule has 0 aliphatic rings. The molecule has 4 aromatic rings. The fraction of sp³-hybridized carbons (Fsp3) is 0.364. The lowest BCUT2D eigenvalue weighted by Crippen LogP contribution is -2.21. The first-order valence-corrected chi connectivity index (χ1v) is 9.55. The van der Waals surface area contributed by atoms with Crippen LogP contribution in [0.1, 0.15) is 30.9 Å². The van der Waals surface area contributed by atoms with Gasteiger partial charge in [0, 0.05) is 18.5 Å². The van der Waals surface area contributed by atoms with Gasteiger partial charge >= 0.3 is 0 Å². The second-order valence-corrected chi connectivity index (χ2v) is 7.09. The predicted molar refractivity (Wildman–Crippen MR) is 110 cm³/mol. The lowest BCUT2D eigenvalue weighted by Gasteiger charge is -2.09. The number of fused-ring (bicyclic) bond motifs is 4. The van der Waals surface area contributed by atoms with Crippen LogP contribution in [0, 0.1) is 13.8 Å². The molecule has 4 nitrogen and oxygen atoms in total. The maximum Gasteiger partial charge on any atom is 0.160 e. The summed E-state index contributed by atoms with van der Waals surface area (Å²) in [5.41, 5.74) is 7.67. The van der Waals surface area contributed by atoms with Crippen molar-refractivity contribution in [1.29, 1.82) is 0 Å². The zero-order valence-corrected chi connectivity index (χ0v) is 15.8. The van der Waals surface area contributed by atoms with Crippen molar-refractivity contribution in [3.8, 4) is 0 Å². The van der Waals surface area contributed by atoms with E-state index < -0.39 is 0 Å². The molecule has 2 heterocycles. The van der Waals surface area contributed by atoms with Crippen molar-refractivity contribution in [2.45, 2.75) is 40.2 Å². The molecule has 0 saturated carbocycles. The Hall–Kier alpha value is -2.46. The van der Waals surface area contributed by atoms with E-state index in [9.17, 15) is 0 Å². The van der Waals surface area contributed by atoms with Crippen LogP contribution in [0.4, 0.5) is 0 Å². The normalized spacial score (nSPS) is 11.8. The summed E-state index contributed by atoms with van der Waals surface area (Å²) in [7, 11) is 0.